The number of carbonyl (C=O) groups is 1. The van der Waals surface area contributed by atoms with Crippen LogP contribution in [0.5, 0.6) is 5.88 Å². The maximum absolute atomic E-state index is 14.9. The van der Waals surface area contributed by atoms with Gasteiger partial charge in [-0.1, -0.05) is 17.7 Å². The Morgan fingerprint density at radius 3 is 2.66 bits per heavy atom. The lowest BCUT2D eigenvalue weighted by Crippen LogP contribution is -2.47. The van der Waals surface area contributed by atoms with Crippen LogP contribution in [0.4, 0.5) is 4.39 Å². The van der Waals surface area contributed by atoms with E-state index in [2.05, 4.69) is 15.0 Å². The molecule has 6 nitrogen and oxygen atoms in total. The van der Waals surface area contributed by atoms with E-state index >= 15 is 0 Å². The van der Waals surface area contributed by atoms with Crippen LogP contribution in [-0.4, -0.2) is 32.1 Å². The van der Waals surface area contributed by atoms with Crippen LogP contribution in [0.2, 0.25) is 5.02 Å². The average molecular weight is 452 g/mol. The molecule has 32 heavy (non-hydrogen) atoms. The van der Waals surface area contributed by atoms with Gasteiger partial charge in [0.05, 0.1) is 22.0 Å². The molecule has 2 heterocycles. The predicted molar refractivity (Wildman–Crippen MR) is 119 cm³/mol. The van der Waals surface area contributed by atoms with Gasteiger partial charge in [0.1, 0.15) is 17.7 Å². The second-order valence-corrected chi connectivity index (χ2v) is 8.78. The van der Waals surface area contributed by atoms with Gasteiger partial charge in [0, 0.05) is 35.7 Å². The van der Waals surface area contributed by atoms with Crippen LogP contribution in [0.15, 0.2) is 54.7 Å². The molecule has 0 atom stereocenters. The molecule has 0 radical (unpaired) electrons. The molecule has 2 N–H and O–H groups in total. The van der Waals surface area contributed by atoms with E-state index in [0.717, 1.165) is 11.1 Å². The Labute approximate surface area is 188 Å². The Kier molecular flexibility index (Phi) is 4.86. The first-order valence-electron chi connectivity index (χ1n) is 10.1. The number of aliphatic carboxylic acids is 1. The molecule has 8 heteroatoms. The fourth-order valence-electron chi connectivity index (χ4n) is 3.99. The lowest BCUT2D eigenvalue weighted by atomic mass is 9.68. The van der Waals surface area contributed by atoms with Crippen molar-refractivity contribution >= 4 is 28.6 Å². The molecule has 0 amide bonds. The molecule has 2 aromatic heterocycles. The third kappa shape index (κ3) is 3.69. The lowest BCUT2D eigenvalue weighted by molar-refractivity contribution is -0.159. The standard InChI is InChI=1S/C24H19ClFN3O3/c1-24(23(30)31)10-16(11-24)32-21-7-3-14(12-27-21)13-2-5-17(18(26)8-13)22-28-19-6-4-15(25)9-20(19)29-22/h2-9,12,16H,10-11H2,1H3,(H,28,29)(H,30,31)/t16-,24-. The van der Waals surface area contributed by atoms with Crippen LogP contribution in [0.25, 0.3) is 33.5 Å². The Hall–Kier alpha value is -3.45. The van der Waals surface area contributed by atoms with Crippen LogP contribution in [0, 0.1) is 11.2 Å². The van der Waals surface area contributed by atoms with Gasteiger partial charge >= 0.3 is 5.97 Å². The molecule has 0 saturated heterocycles. The van der Waals surface area contributed by atoms with E-state index in [4.69, 9.17) is 16.3 Å². The maximum atomic E-state index is 14.9. The topological polar surface area (TPSA) is 88.1 Å². The molecule has 1 fully saturated rings. The molecule has 0 spiro atoms. The number of carboxylic acid groups (broad SMARTS) is 1. The number of carboxylic acids is 1. The minimum absolute atomic E-state index is 0.162. The van der Waals surface area contributed by atoms with Crippen molar-refractivity contribution in [1.29, 1.82) is 0 Å². The number of ether oxygens (including phenoxy) is 1. The van der Waals surface area contributed by atoms with Gasteiger partial charge < -0.3 is 14.8 Å². The van der Waals surface area contributed by atoms with Crippen LogP contribution in [0.3, 0.4) is 0 Å². The highest BCUT2D eigenvalue weighted by Crippen LogP contribution is 2.42. The number of imidazole rings is 1. The molecular formula is C24H19ClFN3O3. The summed E-state index contributed by atoms with van der Waals surface area (Å²) in [5, 5.41) is 9.76. The third-order valence-electron chi connectivity index (χ3n) is 5.90. The molecule has 4 aromatic rings. The van der Waals surface area contributed by atoms with E-state index in [1.165, 1.54) is 6.07 Å². The number of nitrogens with one attached hydrogen (secondary N) is 1. The second kappa shape index (κ2) is 7.60. The minimum atomic E-state index is -0.808. The monoisotopic (exact) mass is 451 g/mol. The van der Waals surface area contributed by atoms with Gasteiger partial charge in [0.2, 0.25) is 5.88 Å². The van der Waals surface area contributed by atoms with Gasteiger partial charge in [-0.15, -0.1) is 0 Å². The summed E-state index contributed by atoms with van der Waals surface area (Å²) in [5.41, 5.74) is 2.50. The molecule has 0 bridgehead atoms. The number of hydrogen-bond donors (Lipinski definition) is 2. The fourth-order valence-corrected chi connectivity index (χ4v) is 4.15. The number of nitrogens with zero attached hydrogens (tertiary/aromatic N) is 2. The van der Waals surface area contributed by atoms with Crippen molar-refractivity contribution in [3.8, 4) is 28.4 Å². The zero-order valence-corrected chi connectivity index (χ0v) is 17.9. The summed E-state index contributed by atoms with van der Waals surface area (Å²) in [7, 11) is 0. The third-order valence-corrected chi connectivity index (χ3v) is 6.13. The van der Waals surface area contributed by atoms with Crippen molar-refractivity contribution in [1.82, 2.24) is 15.0 Å². The van der Waals surface area contributed by atoms with Crippen molar-refractivity contribution < 1.29 is 19.0 Å². The van der Waals surface area contributed by atoms with E-state index in [9.17, 15) is 14.3 Å². The number of pyridine rings is 1. The Balaban J connectivity index is 1.32. The van der Waals surface area contributed by atoms with Crippen molar-refractivity contribution in [3.05, 3.63) is 65.6 Å². The van der Waals surface area contributed by atoms with Gasteiger partial charge in [-0.3, -0.25) is 4.79 Å². The smallest absolute Gasteiger partial charge is 0.309 e. The number of fused-ring (bicyclic) bond motifs is 1. The van der Waals surface area contributed by atoms with Gasteiger partial charge in [0.15, 0.2) is 0 Å². The number of aromatic amines is 1. The molecule has 1 aliphatic rings. The van der Waals surface area contributed by atoms with Crippen molar-refractivity contribution in [2.24, 2.45) is 5.41 Å². The zero-order chi connectivity index (χ0) is 22.5. The first kappa shape index (κ1) is 20.5. The molecule has 5 rings (SSSR count). The van der Waals surface area contributed by atoms with Crippen molar-refractivity contribution in [3.63, 3.8) is 0 Å². The maximum Gasteiger partial charge on any atom is 0.309 e. The Bertz CT molecular complexity index is 1330. The lowest BCUT2D eigenvalue weighted by Gasteiger charge is -2.40. The van der Waals surface area contributed by atoms with Gasteiger partial charge in [-0.05, 0) is 48.9 Å². The van der Waals surface area contributed by atoms with E-state index in [-0.39, 0.29) is 6.10 Å². The van der Waals surface area contributed by atoms with Crippen molar-refractivity contribution in [2.75, 3.05) is 0 Å². The highest BCUT2D eigenvalue weighted by molar-refractivity contribution is 6.31. The summed E-state index contributed by atoms with van der Waals surface area (Å²) < 4.78 is 20.6. The van der Waals surface area contributed by atoms with E-state index in [0.29, 0.717) is 46.2 Å². The summed E-state index contributed by atoms with van der Waals surface area (Å²) >= 11 is 6.00. The number of rotatable bonds is 5. The van der Waals surface area contributed by atoms with Crippen LogP contribution in [0.1, 0.15) is 19.8 Å². The summed E-state index contributed by atoms with van der Waals surface area (Å²) in [6.45, 7) is 1.71. The van der Waals surface area contributed by atoms with Crippen LogP contribution < -0.4 is 4.74 Å². The van der Waals surface area contributed by atoms with Crippen LogP contribution in [-0.2, 0) is 4.79 Å². The summed E-state index contributed by atoms with van der Waals surface area (Å²) in [5.74, 6) is -0.362. The van der Waals surface area contributed by atoms with E-state index < -0.39 is 17.2 Å². The van der Waals surface area contributed by atoms with Gasteiger partial charge in [-0.25, -0.2) is 14.4 Å². The highest BCUT2D eigenvalue weighted by Gasteiger charge is 2.48. The number of hydrogen-bond acceptors (Lipinski definition) is 4. The number of halogens is 2. The first-order valence-corrected chi connectivity index (χ1v) is 10.5. The molecule has 0 aliphatic heterocycles. The quantitative estimate of drug-likeness (QED) is 0.405. The first-order chi connectivity index (χ1) is 15.3. The average Bonchev–Trinajstić information content (AvgIpc) is 3.15. The fraction of sp³-hybridized carbons (Fsp3) is 0.208. The second-order valence-electron chi connectivity index (χ2n) is 8.34. The number of benzene rings is 2. The number of aromatic nitrogens is 3. The Morgan fingerprint density at radius 2 is 1.97 bits per heavy atom. The van der Waals surface area contributed by atoms with Gasteiger partial charge in [0.25, 0.3) is 0 Å². The molecular weight excluding hydrogens is 433 g/mol. The summed E-state index contributed by atoms with van der Waals surface area (Å²) in [6, 6.07) is 13.7. The Morgan fingerprint density at radius 1 is 1.19 bits per heavy atom. The highest BCUT2D eigenvalue weighted by atomic mass is 35.5. The predicted octanol–water partition coefficient (Wildman–Crippen LogP) is 5.72. The normalized spacial score (nSPS) is 20.2. The largest absolute Gasteiger partial charge is 0.481 e. The van der Waals surface area contributed by atoms with Crippen LogP contribution >= 0.6 is 11.6 Å². The van der Waals surface area contributed by atoms with E-state index in [1.54, 1.807) is 49.5 Å². The minimum Gasteiger partial charge on any atom is -0.481 e. The summed E-state index contributed by atoms with van der Waals surface area (Å²) in [6.07, 6.45) is 2.35. The summed E-state index contributed by atoms with van der Waals surface area (Å²) in [4.78, 5) is 23.0. The molecule has 2 aromatic carbocycles. The SMILES string of the molecule is C[C@]1(C(=O)O)C[C@H](Oc2ccc(-c3ccc(-c4nc5cc(Cl)ccc5[nH]4)c(F)c3)cn2)C1. The molecule has 0 unspecified atom stereocenters. The molecule has 162 valence electrons. The number of H-pyrrole nitrogens is 1. The molecule has 1 saturated carbocycles. The van der Waals surface area contributed by atoms with E-state index in [1.807, 2.05) is 6.07 Å². The van der Waals surface area contributed by atoms with Gasteiger partial charge in [-0.2, -0.15) is 0 Å². The molecule has 1 aliphatic carbocycles. The zero-order valence-electron chi connectivity index (χ0n) is 17.1. The van der Waals surface area contributed by atoms with Crippen molar-refractivity contribution in [2.45, 2.75) is 25.9 Å².